The second kappa shape index (κ2) is 57.7. The quantitative estimate of drug-likeness (QED) is 0.0361. The molecule has 3 atom stereocenters. The topological polar surface area (TPSA) is 89.8 Å². The molecule has 0 bridgehead atoms. The van der Waals surface area contributed by atoms with E-state index in [1.807, 2.05) is 0 Å². The minimum atomic E-state index is -1.07. The normalized spacial score (nSPS) is 13.2. The van der Waals surface area contributed by atoms with Crippen molar-refractivity contribution in [2.45, 2.75) is 372 Å². The van der Waals surface area contributed by atoms with Crippen LogP contribution in [0.1, 0.15) is 354 Å². The molecule has 400 valence electrons. The Kier molecular flexibility index (Phi) is 56.9. The predicted octanol–water partition coefficient (Wildman–Crippen LogP) is 19.5. The Hall–Kier alpha value is -0.910. The Balaban J connectivity index is 3.47. The molecule has 0 aliphatic rings. The summed E-state index contributed by atoms with van der Waals surface area (Å²) in [5.41, 5.74) is 0. The van der Waals surface area contributed by atoms with Crippen LogP contribution in [0.2, 0.25) is 0 Å². The van der Waals surface area contributed by atoms with Crippen LogP contribution in [0.15, 0.2) is 12.2 Å². The largest absolute Gasteiger partial charge is 0.394 e. The maximum absolute atomic E-state index is 12.6. The van der Waals surface area contributed by atoms with Crippen molar-refractivity contribution in [3.05, 3.63) is 12.2 Å². The van der Waals surface area contributed by atoms with Crippen LogP contribution in [0, 0.1) is 0 Å². The molecule has 3 unspecified atom stereocenters. The average Bonchev–Trinajstić information content (AvgIpc) is 3.33. The summed E-state index contributed by atoms with van der Waals surface area (Å²) in [4.78, 5) is 12.6. The average molecular weight is 947 g/mol. The molecule has 0 aliphatic heterocycles. The van der Waals surface area contributed by atoms with Gasteiger partial charge in [0.1, 0.15) is 6.10 Å². The van der Waals surface area contributed by atoms with Crippen LogP contribution < -0.4 is 5.32 Å². The van der Waals surface area contributed by atoms with Gasteiger partial charge in [0.15, 0.2) is 0 Å². The van der Waals surface area contributed by atoms with E-state index in [0.29, 0.717) is 12.8 Å². The van der Waals surface area contributed by atoms with Crippen molar-refractivity contribution in [3.63, 3.8) is 0 Å². The van der Waals surface area contributed by atoms with Crippen LogP contribution in [0.5, 0.6) is 0 Å². The van der Waals surface area contributed by atoms with Crippen molar-refractivity contribution >= 4 is 5.91 Å². The second-order valence-corrected chi connectivity index (χ2v) is 21.6. The first-order chi connectivity index (χ1) is 33.1. The lowest BCUT2D eigenvalue weighted by Gasteiger charge is -2.23. The fourth-order valence-electron chi connectivity index (χ4n) is 10.1. The Labute approximate surface area is 420 Å². The Bertz CT molecular complexity index is 956. The number of amides is 1. The van der Waals surface area contributed by atoms with Gasteiger partial charge in [0.25, 0.3) is 0 Å². The summed E-state index contributed by atoms with van der Waals surface area (Å²) in [6.07, 6.45) is 72.8. The van der Waals surface area contributed by atoms with Crippen molar-refractivity contribution in [1.82, 2.24) is 5.32 Å². The molecule has 0 radical (unpaired) electrons. The first-order valence-electron chi connectivity index (χ1n) is 31.0. The van der Waals surface area contributed by atoms with E-state index < -0.39 is 24.2 Å². The predicted molar refractivity (Wildman–Crippen MR) is 296 cm³/mol. The number of rotatable bonds is 58. The first kappa shape index (κ1) is 66.1. The second-order valence-electron chi connectivity index (χ2n) is 21.6. The van der Waals surface area contributed by atoms with E-state index >= 15 is 0 Å². The van der Waals surface area contributed by atoms with Gasteiger partial charge in [-0.3, -0.25) is 4.79 Å². The molecule has 1 amide bonds. The molecule has 0 saturated carbocycles. The number of carbonyl (C=O) groups excluding carboxylic acids is 1. The molecule has 5 heteroatoms. The maximum atomic E-state index is 12.6. The molecule has 0 aromatic rings. The summed E-state index contributed by atoms with van der Waals surface area (Å²) in [5, 5.41) is 33.6. The number of hydrogen-bond donors (Lipinski definition) is 4. The number of hydrogen-bond acceptors (Lipinski definition) is 4. The van der Waals surface area contributed by atoms with Crippen molar-refractivity contribution in [3.8, 4) is 0 Å². The third-order valence-corrected chi connectivity index (χ3v) is 14.9. The molecule has 0 rings (SSSR count). The number of aliphatic hydroxyl groups is 3. The van der Waals surface area contributed by atoms with Crippen LogP contribution in [-0.4, -0.2) is 46.1 Å². The van der Waals surface area contributed by atoms with Gasteiger partial charge in [-0.25, -0.2) is 0 Å². The lowest BCUT2D eigenvalue weighted by molar-refractivity contribution is -0.131. The standard InChI is InChI=1S/C62H123NO4/c1-3-5-7-9-11-13-15-17-19-21-23-25-26-27-28-29-30-31-32-33-34-35-37-39-41-43-45-47-49-51-53-55-57-61(66)62(67)63-59(58-64)60(65)56-54-52-50-48-46-44-42-40-38-36-24-22-20-18-16-14-12-10-8-6-4-2/h27-28,59-61,64-66H,3-26,29-58H2,1-2H3,(H,63,67)/b28-27-. The van der Waals surface area contributed by atoms with Crippen molar-refractivity contribution in [2.24, 2.45) is 0 Å². The van der Waals surface area contributed by atoms with Gasteiger partial charge < -0.3 is 20.6 Å². The third kappa shape index (κ3) is 52.7. The fraction of sp³-hybridized carbons (Fsp3) is 0.952. The molecule has 4 N–H and O–H groups in total. The van der Waals surface area contributed by atoms with E-state index in [2.05, 4.69) is 31.3 Å². The summed E-state index contributed by atoms with van der Waals surface area (Å²) >= 11 is 0. The zero-order valence-corrected chi connectivity index (χ0v) is 45.8. The monoisotopic (exact) mass is 946 g/mol. The van der Waals surface area contributed by atoms with Crippen LogP contribution in [0.25, 0.3) is 0 Å². The van der Waals surface area contributed by atoms with Crippen LogP contribution in [0.4, 0.5) is 0 Å². The molecule has 0 fully saturated rings. The Morgan fingerprint density at radius 3 is 0.821 bits per heavy atom. The van der Waals surface area contributed by atoms with E-state index in [0.717, 1.165) is 32.1 Å². The van der Waals surface area contributed by atoms with Crippen molar-refractivity contribution in [1.29, 1.82) is 0 Å². The smallest absolute Gasteiger partial charge is 0.249 e. The fourth-order valence-corrected chi connectivity index (χ4v) is 10.1. The number of aliphatic hydroxyl groups excluding tert-OH is 3. The van der Waals surface area contributed by atoms with Gasteiger partial charge in [0, 0.05) is 0 Å². The summed E-state index contributed by atoms with van der Waals surface area (Å²) in [5.74, 6) is -0.463. The highest BCUT2D eigenvalue weighted by molar-refractivity contribution is 5.80. The molecule has 0 heterocycles. The summed E-state index contributed by atoms with van der Waals surface area (Å²) in [6, 6.07) is -0.710. The highest BCUT2D eigenvalue weighted by Gasteiger charge is 2.23. The maximum Gasteiger partial charge on any atom is 0.249 e. The summed E-state index contributed by atoms with van der Waals surface area (Å²) in [7, 11) is 0. The van der Waals surface area contributed by atoms with Gasteiger partial charge in [0.05, 0.1) is 18.8 Å². The Morgan fingerprint density at radius 2 is 0.567 bits per heavy atom. The van der Waals surface area contributed by atoms with Gasteiger partial charge >= 0.3 is 0 Å². The van der Waals surface area contributed by atoms with E-state index in [-0.39, 0.29) is 6.61 Å². The lowest BCUT2D eigenvalue weighted by atomic mass is 10.0. The highest BCUT2D eigenvalue weighted by Crippen LogP contribution is 2.19. The van der Waals surface area contributed by atoms with E-state index in [4.69, 9.17) is 0 Å². The zero-order chi connectivity index (χ0) is 48.6. The van der Waals surface area contributed by atoms with E-state index in [1.54, 1.807) is 0 Å². The molecule has 0 aliphatic carbocycles. The summed E-state index contributed by atoms with van der Waals surface area (Å²) < 4.78 is 0. The van der Waals surface area contributed by atoms with Gasteiger partial charge in [-0.2, -0.15) is 0 Å². The molecule has 0 aromatic heterocycles. The molecule has 67 heavy (non-hydrogen) atoms. The van der Waals surface area contributed by atoms with E-state index in [1.165, 1.54) is 295 Å². The number of carbonyl (C=O) groups is 1. The van der Waals surface area contributed by atoms with Crippen LogP contribution in [-0.2, 0) is 4.79 Å². The number of nitrogens with one attached hydrogen (secondary N) is 1. The SMILES string of the molecule is CCCCCCCCCCCCCC/C=C\CCCCCCCCCCCCCCCCCCC(O)C(=O)NC(CO)C(O)CCCCCCCCCCCCCCCCCCCCCCC. The minimum Gasteiger partial charge on any atom is -0.394 e. The molecular formula is C62H123NO4. The van der Waals surface area contributed by atoms with Crippen molar-refractivity contribution in [2.75, 3.05) is 6.61 Å². The van der Waals surface area contributed by atoms with Crippen molar-refractivity contribution < 1.29 is 20.1 Å². The van der Waals surface area contributed by atoms with Gasteiger partial charge in [-0.05, 0) is 38.5 Å². The molecule has 0 aromatic carbocycles. The minimum absolute atomic E-state index is 0.309. The zero-order valence-electron chi connectivity index (χ0n) is 45.8. The number of unbranched alkanes of at least 4 members (excludes halogenated alkanes) is 48. The van der Waals surface area contributed by atoms with Crippen LogP contribution >= 0.6 is 0 Å². The summed E-state index contributed by atoms with van der Waals surface area (Å²) in [6.45, 7) is 4.28. The third-order valence-electron chi connectivity index (χ3n) is 14.9. The van der Waals surface area contributed by atoms with Gasteiger partial charge in [-0.15, -0.1) is 0 Å². The lowest BCUT2D eigenvalue weighted by Crippen LogP contribution is -2.49. The molecule has 5 nitrogen and oxygen atoms in total. The molecule has 0 spiro atoms. The van der Waals surface area contributed by atoms with Gasteiger partial charge in [-0.1, -0.05) is 328 Å². The molecular weight excluding hydrogens is 823 g/mol. The first-order valence-corrected chi connectivity index (χ1v) is 31.0. The van der Waals surface area contributed by atoms with Crippen LogP contribution in [0.3, 0.4) is 0 Å². The number of allylic oxidation sites excluding steroid dienone is 2. The Morgan fingerprint density at radius 1 is 0.343 bits per heavy atom. The highest BCUT2D eigenvalue weighted by atomic mass is 16.3. The van der Waals surface area contributed by atoms with E-state index in [9.17, 15) is 20.1 Å². The molecule has 0 saturated heterocycles. The van der Waals surface area contributed by atoms with Gasteiger partial charge in [0.2, 0.25) is 5.91 Å².